The number of nitrogens with one attached hydrogen (secondary N) is 1. The molecule has 2 heterocycles. The van der Waals surface area contributed by atoms with E-state index in [1.54, 1.807) is 6.92 Å². The quantitative estimate of drug-likeness (QED) is 0.355. The molecule has 0 fully saturated rings. The molecule has 1 aliphatic heterocycles. The van der Waals surface area contributed by atoms with Crippen molar-refractivity contribution in [2.24, 2.45) is 0 Å². The third kappa shape index (κ3) is 5.11. The van der Waals surface area contributed by atoms with Crippen molar-refractivity contribution < 1.29 is 33.3 Å². The molecular weight excluding hydrogens is 362 g/mol. The van der Waals surface area contributed by atoms with Gasteiger partial charge in [0.1, 0.15) is 12.8 Å². The third-order valence-corrected chi connectivity index (χ3v) is 3.74. The van der Waals surface area contributed by atoms with Gasteiger partial charge >= 0.3 is 6.16 Å². The van der Waals surface area contributed by atoms with E-state index in [-0.39, 0.29) is 30.8 Å². The molecule has 0 spiro atoms. The molecule has 0 aromatic carbocycles. The molecule has 0 saturated heterocycles. The average molecular weight is 385 g/mol. The minimum atomic E-state index is -0.975. The van der Waals surface area contributed by atoms with Gasteiger partial charge in [0.05, 0.1) is 13.2 Å². The van der Waals surface area contributed by atoms with Crippen LogP contribution in [0.25, 0.3) is 0 Å². The van der Waals surface area contributed by atoms with E-state index in [2.05, 4.69) is 5.43 Å². The normalized spacial score (nSPS) is 15.7. The van der Waals surface area contributed by atoms with Crippen molar-refractivity contribution in [1.82, 2.24) is 9.58 Å². The Kier molecular flexibility index (Phi) is 7.44. The highest BCUT2D eigenvalue weighted by molar-refractivity contribution is 5.96. The maximum absolute atomic E-state index is 12.8. The summed E-state index contributed by atoms with van der Waals surface area (Å²) >= 11 is 0. The minimum Gasteiger partial charge on any atom is -0.451 e. The number of ether oxygens (including phenoxy) is 5. The SMILES string of the molecule is COCCOC(=O)OCOc1c2n(ccc1=O)N[C@H](C)N(CCOC)C2=O. The summed E-state index contributed by atoms with van der Waals surface area (Å²) in [5.74, 6) is -0.636. The molecule has 1 amide bonds. The van der Waals surface area contributed by atoms with Crippen LogP contribution in [0.4, 0.5) is 4.79 Å². The molecule has 11 nitrogen and oxygen atoms in total. The molecule has 1 aromatic heterocycles. The van der Waals surface area contributed by atoms with Crippen molar-refractivity contribution >= 4 is 12.1 Å². The van der Waals surface area contributed by atoms with Crippen LogP contribution >= 0.6 is 0 Å². The monoisotopic (exact) mass is 385 g/mol. The summed E-state index contributed by atoms with van der Waals surface area (Å²) in [6.45, 7) is 2.12. The molecule has 1 aromatic rings. The molecule has 11 heteroatoms. The van der Waals surface area contributed by atoms with Crippen LogP contribution in [-0.2, 0) is 18.9 Å². The Morgan fingerprint density at radius 1 is 1.15 bits per heavy atom. The highest BCUT2D eigenvalue weighted by Gasteiger charge is 2.33. The van der Waals surface area contributed by atoms with E-state index >= 15 is 0 Å². The van der Waals surface area contributed by atoms with E-state index in [4.69, 9.17) is 23.7 Å². The Hall–Kier alpha value is -2.79. The standard InChI is InChI=1S/C16H23N3O8/c1-11-17-19-5-4-12(20)14(13(19)15(21)18(11)6-7-23-2)26-10-27-16(22)25-9-8-24-3/h4-5,11,17H,6-10H2,1-3H3/t11-/m0/s1. The van der Waals surface area contributed by atoms with E-state index < -0.39 is 24.3 Å². The number of fused-ring (bicyclic) bond motifs is 1. The predicted molar refractivity (Wildman–Crippen MR) is 92.2 cm³/mol. The van der Waals surface area contributed by atoms with Gasteiger partial charge in [0.15, 0.2) is 5.69 Å². The van der Waals surface area contributed by atoms with Gasteiger partial charge in [0.25, 0.3) is 5.91 Å². The number of carbonyl (C=O) groups is 2. The summed E-state index contributed by atoms with van der Waals surface area (Å²) in [6, 6.07) is 1.24. The van der Waals surface area contributed by atoms with Gasteiger partial charge in [-0.15, -0.1) is 0 Å². The first-order valence-corrected chi connectivity index (χ1v) is 8.23. The molecule has 150 valence electrons. The maximum Gasteiger partial charge on any atom is 0.511 e. The molecule has 0 unspecified atom stereocenters. The number of hydrogen-bond acceptors (Lipinski definition) is 9. The van der Waals surface area contributed by atoms with Crippen molar-refractivity contribution in [3.05, 3.63) is 28.2 Å². The molecule has 0 saturated carbocycles. The average Bonchev–Trinajstić information content (AvgIpc) is 2.63. The largest absolute Gasteiger partial charge is 0.511 e. The maximum atomic E-state index is 12.8. The molecule has 1 N–H and O–H groups in total. The highest BCUT2D eigenvalue weighted by Crippen LogP contribution is 2.20. The highest BCUT2D eigenvalue weighted by atomic mass is 16.8. The van der Waals surface area contributed by atoms with E-state index in [9.17, 15) is 14.4 Å². The van der Waals surface area contributed by atoms with Crippen molar-refractivity contribution in [2.45, 2.75) is 13.1 Å². The zero-order valence-electron chi connectivity index (χ0n) is 15.4. The summed E-state index contributed by atoms with van der Waals surface area (Å²) in [5.41, 5.74) is 2.54. The van der Waals surface area contributed by atoms with Crippen LogP contribution in [0.3, 0.4) is 0 Å². The number of carbonyl (C=O) groups excluding carboxylic acids is 2. The lowest BCUT2D eigenvalue weighted by Crippen LogP contribution is -2.53. The van der Waals surface area contributed by atoms with Crippen LogP contribution in [-0.4, -0.2) is 75.2 Å². The van der Waals surface area contributed by atoms with E-state index in [1.165, 1.54) is 36.1 Å². The van der Waals surface area contributed by atoms with Gasteiger partial charge in [-0.2, -0.15) is 0 Å². The molecule has 27 heavy (non-hydrogen) atoms. The second-order valence-corrected chi connectivity index (χ2v) is 5.52. The van der Waals surface area contributed by atoms with Crippen LogP contribution in [0.5, 0.6) is 5.75 Å². The number of amides is 1. The number of pyridine rings is 1. The Labute approximate surface area is 155 Å². The van der Waals surface area contributed by atoms with Gasteiger partial charge in [0, 0.05) is 33.0 Å². The Bertz CT molecular complexity index is 720. The zero-order chi connectivity index (χ0) is 19.8. The first kappa shape index (κ1) is 20.5. The molecular formula is C16H23N3O8. The fourth-order valence-corrected chi connectivity index (χ4v) is 2.42. The molecule has 0 aliphatic carbocycles. The zero-order valence-corrected chi connectivity index (χ0v) is 15.4. The van der Waals surface area contributed by atoms with Crippen molar-refractivity contribution in [3.8, 4) is 5.75 Å². The van der Waals surface area contributed by atoms with Crippen LogP contribution in [0.1, 0.15) is 17.4 Å². The van der Waals surface area contributed by atoms with Gasteiger partial charge in [-0.3, -0.25) is 14.3 Å². The number of nitrogens with zero attached hydrogens (tertiary/aromatic N) is 2. The lowest BCUT2D eigenvalue weighted by Gasteiger charge is -2.37. The van der Waals surface area contributed by atoms with Crippen molar-refractivity contribution in [2.75, 3.05) is 52.8 Å². The summed E-state index contributed by atoms with van der Waals surface area (Å²) in [5, 5.41) is 0. The first-order valence-electron chi connectivity index (χ1n) is 8.23. The van der Waals surface area contributed by atoms with E-state index in [0.717, 1.165) is 0 Å². The first-order chi connectivity index (χ1) is 13.0. The predicted octanol–water partition coefficient (Wildman–Crippen LogP) is -0.0241. The lowest BCUT2D eigenvalue weighted by atomic mass is 10.2. The van der Waals surface area contributed by atoms with Gasteiger partial charge in [-0.25, -0.2) is 4.79 Å². The van der Waals surface area contributed by atoms with Crippen molar-refractivity contribution in [1.29, 1.82) is 0 Å². The van der Waals surface area contributed by atoms with E-state index in [0.29, 0.717) is 13.2 Å². The Morgan fingerprint density at radius 3 is 2.59 bits per heavy atom. The Balaban J connectivity index is 2.10. The van der Waals surface area contributed by atoms with Gasteiger partial charge in [0.2, 0.25) is 18.0 Å². The van der Waals surface area contributed by atoms with Gasteiger partial charge in [-0.1, -0.05) is 0 Å². The third-order valence-electron chi connectivity index (χ3n) is 3.74. The topological polar surface area (TPSA) is 118 Å². The summed E-state index contributed by atoms with van der Waals surface area (Å²) in [4.78, 5) is 37.9. The Morgan fingerprint density at radius 2 is 1.89 bits per heavy atom. The van der Waals surface area contributed by atoms with Crippen LogP contribution in [0, 0.1) is 0 Å². The second kappa shape index (κ2) is 9.78. The van der Waals surface area contributed by atoms with Gasteiger partial charge < -0.3 is 34.0 Å². The molecule has 0 radical (unpaired) electrons. The number of hydrogen-bond donors (Lipinski definition) is 1. The number of aromatic nitrogens is 1. The fraction of sp³-hybridized carbons (Fsp3) is 0.562. The van der Waals surface area contributed by atoms with Crippen molar-refractivity contribution in [3.63, 3.8) is 0 Å². The fourth-order valence-electron chi connectivity index (χ4n) is 2.42. The van der Waals surface area contributed by atoms with Crippen LogP contribution < -0.4 is 15.6 Å². The van der Waals surface area contributed by atoms with Crippen LogP contribution in [0.15, 0.2) is 17.1 Å². The van der Waals surface area contributed by atoms with E-state index in [1.807, 2.05) is 0 Å². The smallest absolute Gasteiger partial charge is 0.451 e. The number of rotatable bonds is 9. The van der Waals surface area contributed by atoms with Gasteiger partial charge in [-0.05, 0) is 6.92 Å². The molecule has 2 rings (SSSR count). The summed E-state index contributed by atoms with van der Waals surface area (Å²) in [6.07, 6.45) is 0.145. The van der Waals surface area contributed by atoms with Crippen LogP contribution in [0.2, 0.25) is 0 Å². The lowest BCUT2D eigenvalue weighted by molar-refractivity contribution is -0.00507. The molecule has 1 aliphatic rings. The number of methoxy groups -OCH3 is 2. The summed E-state index contributed by atoms with van der Waals surface area (Å²) < 4.78 is 25.9. The molecule has 1 atom stereocenters. The molecule has 0 bridgehead atoms. The summed E-state index contributed by atoms with van der Waals surface area (Å²) in [7, 11) is 2.99. The second-order valence-electron chi connectivity index (χ2n) is 5.52. The minimum absolute atomic E-state index is 0.00746.